The number of hydrogen-bond acceptors (Lipinski definition) is 7. The zero-order valence-electron chi connectivity index (χ0n) is 17.7. The van der Waals surface area contributed by atoms with Crippen molar-refractivity contribution in [3.8, 4) is 11.5 Å². The topological polar surface area (TPSA) is 88.5 Å². The number of ketones is 1. The molecule has 3 aliphatic heterocycles. The number of hydrazone groups is 1. The number of methoxy groups -OCH3 is 2. The van der Waals surface area contributed by atoms with E-state index < -0.39 is 35.2 Å². The number of ether oxygens (including phenoxy) is 2. The van der Waals surface area contributed by atoms with E-state index in [0.717, 1.165) is 4.90 Å². The summed E-state index contributed by atoms with van der Waals surface area (Å²) in [4.78, 5) is 41.6. The van der Waals surface area contributed by atoms with E-state index in [9.17, 15) is 14.4 Å². The molecule has 1 aromatic carbocycles. The van der Waals surface area contributed by atoms with E-state index >= 15 is 0 Å². The first kappa shape index (κ1) is 20.1. The van der Waals surface area contributed by atoms with Crippen LogP contribution in [0.1, 0.15) is 20.8 Å². The van der Waals surface area contributed by atoms with E-state index in [1.165, 1.54) is 14.2 Å². The summed E-state index contributed by atoms with van der Waals surface area (Å²) in [5.41, 5.74) is -0.372. The third-order valence-corrected chi connectivity index (χ3v) is 5.93. The summed E-state index contributed by atoms with van der Waals surface area (Å²) >= 11 is 0. The maximum Gasteiger partial charge on any atom is 0.240 e. The van der Waals surface area contributed by atoms with Gasteiger partial charge in [-0.3, -0.25) is 19.4 Å². The van der Waals surface area contributed by atoms with Crippen LogP contribution in [0.3, 0.4) is 0 Å². The van der Waals surface area contributed by atoms with Crippen LogP contribution in [0.25, 0.3) is 0 Å². The molecule has 0 N–H and O–H groups in total. The number of allylic oxidation sites excluding steroid dienone is 1. The summed E-state index contributed by atoms with van der Waals surface area (Å²) in [6, 6.07) is 3.69. The van der Waals surface area contributed by atoms with Gasteiger partial charge in [0.05, 0.1) is 37.8 Å². The van der Waals surface area contributed by atoms with Crippen LogP contribution in [0.5, 0.6) is 11.5 Å². The quantitative estimate of drug-likeness (QED) is 0.705. The molecule has 2 saturated heterocycles. The fourth-order valence-electron chi connectivity index (χ4n) is 4.49. The second-order valence-electron chi connectivity index (χ2n) is 8.68. The van der Waals surface area contributed by atoms with Crippen LogP contribution in [0.2, 0.25) is 0 Å². The Morgan fingerprint density at radius 2 is 1.77 bits per heavy atom. The highest BCUT2D eigenvalue weighted by molar-refractivity contribution is 6.24. The molecule has 3 heterocycles. The summed E-state index contributed by atoms with van der Waals surface area (Å²) in [5, 5.41) is 5.97. The number of imide groups is 1. The van der Waals surface area contributed by atoms with E-state index in [0.29, 0.717) is 17.2 Å². The van der Waals surface area contributed by atoms with Crippen LogP contribution in [-0.2, 0) is 14.4 Å². The molecule has 0 bridgehead atoms. The lowest BCUT2D eigenvalue weighted by molar-refractivity contribution is -0.136. The highest BCUT2D eigenvalue weighted by Crippen LogP contribution is 2.48. The molecule has 4 atom stereocenters. The van der Waals surface area contributed by atoms with Crippen molar-refractivity contribution < 1.29 is 23.9 Å². The molecule has 158 valence electrons. The number of Topliss-reactive ketones (excluding diaryl/α,β-unsaturated/α-hetero) is 1. The van der Waals surface area contributed by atoms with Gasteiger partial charge in [-0.1, -0.05) is 26.8 Å². The Morgan fingerprint density at radius 1 is 1.07 bits per heavy atom. The SMILES string of the molecule is COc1ccc(OC)c(N2C(=O)[C@@H]3[C@H](C2=O)[C@H](C(=O)C(C)(C)C)N2N=CC=C[C@@H]32)c1. The van der Waals surface area contributed by atoms with Crippen molar-refractivity contribution in [1.82, 2.24) is 5.01 Å². The number of carbonyl (C=O) groups is 3. The van der Waals surface area contributed by atoms with Gasteiger partial charge in [-0.05, 0) is 18.2 Å². The minimum Gasteiger partial charge on any atom is -0.497 e. The number of carbonyl (C=O) groups excluding carboxylic acids is 3. The van der Waals surface area contributed by atoms with Crippen LogP contribution in [0, 0.1) is 17.3 Å². The average Bonchev–Trinajstić information content (AvgIpc) is 3.19. The standard InChI is InChI=1S/C22H25N3O5/c1-22(2,3)19(26)18-17-16(13-7-6-10-23-25(13)18)20(27)24(21(17)28)14-11-12(29-4)8-9-15(14)30-5/h6-11,13,16-18H,1-5H3/t13-,16-,17-,18+/m0/s1. The molecular weight excluding hydrogens is 386 g/mol. The number of nitrogens with zero attached hydrogens (tertiary/aromatic N) is 3. The molecule has 8 nitrogen and oxygen atoms in total. The molecular formula is C22H25N3O5. The van der Waals surface area contributed by atoms with Crippen LogP contribution < -0.4 is 14.4 Å². The molecule has 0 saturated carbocycles. The molecule has 2 fully saturated rings. The Balaban J connectivity index is 1.82. The number of anilines is 1. The zero-order valence-corrected chi connectivity index (χ0v) is 17.7. The highest BCUT2D eigenvalue weighted by atomic mass is 16.5. The monoisotopic (exact) mass is 411 g/mol. The Labute approximate surface area is 175 Å². The van der Waals surface area contributed by atoms with Crippen molar-refractivity contribution in [3.05, 3.63) is 30.4 Å². The lowest BCUT2D eigenvalue weighted by Crippen LogP contribution is -2.49. The second-order valence-corrected chi connectivity index (χ2v) is 8.68. The van der Waals surface area contributed by atoms with Crippen LogP contribution in [-0.4, -0.2) is 55.1 Å². The number of benzene rings is 1. The third-order valence-electron chi connectivity index (χ3n) is 5.93. The minimum atomic E-state index is -0.815. The number of amides is 2. The highest BCUT2D eigenvalue weighted by Gasteiger charge is 2.65. The Morgan fingerprint density at radius 3 is 2.40 bits per heavy atom. The van der Waals surface area contributed by atoms with Gasteiger partial charge in [0.2, 0.25) is 11.8 Å². The van der Waals surface area contributed by atoms with E-state index in [1.54, 1.807) is 35.5 Å². The molecule has 0 spiro atoms. The first-order valence-corrected chi connectivity index (χ1v) is 9.84. The summed E-state index contributed by atoms with van der Waals surface area (Å²) in [7, 11) is 2.98. The molecule has 4 rings (SSSR count). The summed E-state index contributed by atoms with van der Waals surface area (Å²) in [6.45, 7) is 5.43. The first-order chi connectivity index (χ1) is 14.2. The third kappa shape index (κ3) is 2.81. The van der Waals surface area contributed by atoms with Crippen molar-refractivity contribution in [3.63, 3.8) is 0 Å². The van der Waals surface area contributed by atoms with Crippen molar-refractivity contribution in [2.45, 2.75) is 32.9 Å². The predicted octanol–water partition coefficient (Wildman–Crippen LogP) is 2.03. The number of fused-ring (bicyclic) bond motifs is 3. The number of rotatable bonds is 4. The van der Waals surface area contributed by atoms with Gasteiger partial charge < -0.3 is 9.47 Å². The molecule has 0 aliphatic carbocycles. The van der Waals surface area contributed by atoms with Gasteiger partial charge in [-0.2, -0.15) is 5.10 Å². The van der Waals surface area contributed by atoms with Gasteiger partial charge in [0, 0.05) is 17.7 Å². The van der Waals surface area contributed by atoms with Gasteiger partial charge in [-0.25, -0.2) is 4.90 Å². The Kier molecular flexibility index (Phi) is 4.67. The van der Waals surface area contributed by atoms with E-state index in [4.69, 9.17) is 9.47 Å². The maximum atomic E-state index is 13.6. The summed E-state index contributed by atoms with van der Waals surface area (Å²) < 4.78 is 10.7. The largest absolute Gasteiger partial charge is 0.497 e. The molecule has 3 aliphatic rings. The van der Waals surface area contributed by atoms with Crippen molar-refractivity contribution >= 4 is 29.5 Å². The molecule has 0 unspecified atom stereocenters. The summed E-state index contributed by atoms with van der Waals surface area (Å²) in [6.07, 6.45) is 5.16. The molecule has 8 heteroatoms. The van der Waals surface area contributed by atoms with Crippen molar-refractivity contribution in [1.29, 1.82) is 0 Å². The molecule has 0 aromatic heterocycles. The first-order valence-electron chi connectivity index (χ1n) is 9.84. The normalized spacial score (nSPS) is 27.4. The lowest BCUT2D eigenvalue weighted by Gasteiger charge is -2.33. The smallest absolute Gasteiger partial charge is 0.240 e. The number of hydrogen-bond donors (Lipinski definition) is 0. The molecule has 30 heavy (non-hydrogen) atoms. The van der Waals surface area contributed by atoms with Crippen LogP contribution >= 0.6 is 0 Å². The summed E-state index contributed by atoms with van der Waals surface area (Å²) in [5.74, 6) is -1.54. The van der Waals surface area contributed by atoms with E-state index in [-0.39, 0.29) is 11.7 Å². The Hall–Kier alpha value is -3.16. The molecule has 1 aromatic rings. The average molecular weight is 411 g/mol. The van der Waals surface area contributed by atoms with Gasteiger partial charge >= 0.3 is 0 Å². The minimum absolute atomic E-state index is 0.118. The van der Waals surface area contributed by atoms with Crippen LogP contribution in [0.4, 0.5) is 5.69 Å². The predicted molar refractivity (Wildman–Crippen MR) is 111 cm³/mol. The zero-order chi connectivity index (χ0) is 21.8. The fourth-order valence-corrected chi connectivity index (χ4v) is 4.49. The van der Waals surface area contributed by atoms with Gasteiger partial charge in [0.25, 0.3) is 0 Å². The van der Waals surface area contributed by atoms with Gasteiger partial charge in [0.1, 0.15) is 17.5 Å². The van der Waals surface area contributed by atoms with Crippen molar-refractivity contribution in [2.24, 2.45) is 22.4 Å². The second kappa shape index (κ2) is 6.97. The van der Waals surface area contributed by atoms with E-state index in [1.807, 2.05) is 26.8 Å². The van der Waals surface area contributed by atoms with Crippen molar-refractivity contribution in [2.75, 3.05) is 19.1 Å². The van der Waals surface area contributed by atoms with Crippen LogP contribution in [0.15, 0.2) is 35.5 Å². The molecule has 2 amide bonds. The van der Waals surface area contributed by atoms with Gasteiger partial charge in [-0.15, -0.1) is 0 Å². The fraction of sp³-hybridized carbons (Fsp3) is 0.455. The van der Waals surface area contributed by atoms with Gasteiger partial charge in [0.15, 0.2) is 5.78 Å². The van der Waals surface area contributed by atoms with E-state index in [2.05, 4.69) is 5.10 Å². The maximum absolute atomic E-state index is 13.6. The Bertz CT molecular complexity index is 977. The lowest BCUT2D eigenvalue weighted by atomic mass is 9.80. The molecule has 0 radical (unpaired) electrons.